The summed E-state index contributed by atoms with van der Waals surface area (Å²) in [5.41, 5.74) is 1.21. The molecule has 32 heavy (non-hydrogen) atoms. The van der Waals surface area contributed by atoms with Crippen molar-refractivity contribution < 1.29 is 18.7 Å². The molecule has 0 saturated carbocycles. The number of rotatable bonds is 10. The molecule has 1 heterocycles. The third kappa shape index (κ3) is 6.23. The lowest BCUT2D eigenvalue weighted by Crippen LogP contribution is -2.15. The average molecular weight is 523 g/mol. The largest absolute Gasteiger partial charge is 0.490 e. The molecule has 170 valence electrons. The van der Waals surface area contributed by atoms with E-state index in [4.69, 9.17) is 9.47 Å². The zero-order valence-corrected chi connectivity index (χ0v) is 20.4. The van der Waals surface area contributed by atoms with Gasteiger partial charge in [0.25, 0.3) is 0 Å². The summed E-state index contributed by atoms with van der Waals surface area (Å²) in [4.78, 5) is 12.3. The second-order valence-electron chi connectivity index (χ2n) is 6.78. The summed E-state index contributed by atoms with van der Waals surface area (Å²) in [6, 6.07) is 10.2. The van der Waals surface area contributed by atoms with E-state index in [0.29, 0.717) is 40.1 Å². The van der Waals surface area contributed by atoms with Crippen molar-refractivity contribution in [3.8, 4) is 11.5 Å². The number of hydrogen-bond donors (Lipinski definition) is 1. The fraction of sp³-hybridized carbons (Fsp3) is 0.318. The van der Waals surface area contributed by atoms with Gasteiger partial charge in [0.1, 0.15) is 12.4 Å². The summed E-state index contributed by atoms with van der Waals surface area (Å²) in [5, 5.41) is 11.6. The number of thioether (sulfide) groups is 1. The molecular formula is C22H24BrFN4O3S. The van der Waals surface area contributed by atoms with Crippen molar-refractivity contribution in [2.24, 2.45) is 0 Å². The molecule has 0 saturated heterocycles. The summed E-state index contributed by atoms with van der Waals surface area (Å²) in [6.45, 7) is 7.24. The Morgan fingerprint density at radius 1 is 1.16 bits per heavy atom. The molecule has 1 N–H and O–H groups in total. The predicted molar refractivity (Wildman–Crippen MR) is 126 cm³/mol. The van der Waals surface area contributed by atoms with E-state index in [1.54, 1.807) is 6.07 Å². The molecule has 3 aromatic rings. The van der Waals surface area contributed by atoms with Crippen LogP contribution in [0.15, 0.2) is 46.0 Å². The maximum absolute atomic E-state index is 13.9. The molecule has 0 aliphatic carbocycles. The number of benzene rings is 2. The van der Waals surface area contributed by atoms with Crippen LogP contribution in [0.4, 0.5) is 10.1 Å². The smallest absolute Gasteiger partial charge is 0.234 e. The maximum atomic E-state index is 13.9. The van der Waals surface area contributed by atoms with E-state index in [1.807, 2.05) is 43.5 Å². The second kappa shape index (κ2) is 11.3. The normalized spacial score (nSPS) is 10.8. The summed E-state index contributed by atoms with van der Waals surface area (Å²) in [6.07, 6.45) is 0. The number of ether oxygens (including phenoxy) is 2. The minimum atomic E-state index is -0.503. The lowest BCUT2D eigenvalue weighted by molar-refractivity contribution is -0.113. The van der Waals surface area contributed by atoms with Crippen LogP contribution in [-0.2, 0) is 17.9 Å². The first-order chi connectivity index (χ1) is 15.4. The van der Waals surface area contributed by atoms with E-state index in [1.165, 1.54) is 23.9 Å². The number of nitrogens with zero attached hydrogens (tertiary/aromatic N) is 3. The van der Waals surface area contributed by atoms with Crippen LogP contribution in [0.25, 0.3) is 0 Å². The van der Waals surface area contributed by atoms with Gasteiger partial charge in [-0.15, -0.1) is 10.2 Å². The summed E-state index contributed by atoms with van der Waals surface area (Å²) in [7, 11) is 0. The van der Waals surface area contributed by atoms with Crippen LogP contribution in [0.5, 0.6) is 11.5 Å². The van der Waals surface area contributed by atoms with Gasteiger partial charge in [0.2, 0.25) is 5.91 Å². The van der Waals surface area contributed by atoms with Crippen molar-refractivity contribution >= 4 is 39.3 Å². The number of aromatic nitrogens is 3. The molecular weight excluding hydrogens is 499 g/mol. The van der Waals surface area contributed by atoms with Crippen LogP contribution in [0.2, 0.25) is 0 Å². The highest BCUT2D eigenvalue weighted by atomic mass is 79.9. The van der Waals surface area contributed by atoms with Crippen molar-refractivity contribution in [2.45, 2.75) is 39.1 Å². The molecule has 0 aliphatic heterocycles. The second-order valence-corrected chi connectivity index (χ2v) is 8.63. The topological polar surface area (TPSA) is 78.3 Å². The SMILES string of the molecule is CCOc1cc(C)ccc1OCc1nnc(SCC(=O)Nc2ccc(Br)cc2F)n1CC. The van der Waals surface area contributed by atoms with Crippen molar-refractivity contribution in [1.29, 1.82) is 0 Å². The number of amides is 1. The highest BCUT2D eigenvalue weighted by molar-refractivity contribution is 9.10. The molecule has 7 nitrogen and oxygen atoms in total. The minimum Gasteiger partial charge on any atom is -0.490 e. The van der Waals surface area contributed by atoms with Crippen LogP contribution in [0.3, 0.4) is 0 Å². The fourth-order valence-electron chi connectivity index (χ4n) is 2.90. The number of aryl methyl sites for hydroxylation is 1. The zero-order valence-electron chi connectivity index (χ0n) is 18.0. The number of carbonyl (C=O) groups is 1. The molecule has 0 atom stereocenters. The van der Waals surface area contributed by atoms with Crippen LogP contribution in [0, 0.1) is 12.7 Å². The quantitative estimate of drug-likeness (QED) is 0.368. The Bertz CT molecular complexity index is 1090. The Morgan fingerprint density at radius 3 is 2.69 bits per heavy atom. The van der Waals surface area contributed by atoms with Gasteiger partial charge < -0.3 is 19.4 Å². The fourth-order valence-corrected chi connectivity index (χ4v) is 4.06. The van der Waals surface area contributed by atoms with Gasteiger partial charge in [-0.1, -0.05) is 33.8 Å². The van der Waals surface area contributed by atoms with E-state index >= 15 is 0 Å². The Balaban J connectivity index is 1.62. The van der Waals surface area contributed by atoms with E-state index < -0.39 is 5.82 Å². The number of halogens is 2. The Kier molecular flexibility index (Phi) is 8.52. The molecule has 1 aromatic heterocycles. The van der Waals surface area contributed by atoms with Gasteiger partial charge in [0, 0.05) is 11.0 Å². The van der Waals surface area contributed by atoms with Crippen LogP contribution in [0.1, 0.15) is 25.2 Å². The standard InChI is InChI=1S/C22H24BrFN4O3S/c1-4-28-20(12-31-18-9-6-14(3)10-19(18)30-5-2)26-27-22(28)32-13-21(29)25-17-8-7-15(23)11-16(17)24/h6-11H,4-5,12-13H2,1-3H3,(H,25,29). The Labute approximate surface area is 198 Å². The van der Waals surface area contributed by atoms with Gasteiger partial charge in [0.15, 0.2) is 22.5 Å². The van der Waals surface area contributed by atoms with Gasteiger partial charge in [0.05, 0.1) is 18.0 Å². The summed E-state index contributed by atoms with van der Waals surface area (Å²) >= 11 is 4.42. The maximum Gasteiger partial charge on any atom is 0.234 e. The Morgan fingerprint density at radius 2 is 1.97 bits per heavy atom. The average Bonchev–Trinajstić information content (AvgIpc) is 3.16. The van der Waals surface area contributed by atoms with E-state index in [-0.39, 0.29) is 24.0 Å². The summed E-state index contributed by atoms with van der Waals surface area (Å²) in [5.74, 6) is 1.19. The van der Waals surface area contributed by atoms with Gasteiger partial charge in [-0.05, 0) is 56.7 Å². The monoisotopic (exact) mass is 522 g/mol. The number of nitrogens with one attached hydrogen (secondary N) is 1. The van der Waals surface area contributed by atoms with E-state index in [9.17, 15) is 9.18 Å². The number of carbonyl (C=O) groups excluding carboxylic acids is 1. The van der Waals surface area contributed by atoms with Crippen LogP contribution < -0.4 is 14.8 Å². The van der Waals surface area contributed by atoms with Gasteiger partial charge >= 0.3 is 0 Å². The first kappa shape index (κ1) is 24.1. The first-order valence-electron chi connectivity index (χ1n) is 10.1. The predicted octanol–water partition coefficient (Wildman–Crippen LogP) is 5.22. The van der Waals surface area contributed by atoms with Crippen LogP contribution in [-0.4, -0.2) is 33.0 Å². The molecule has 0 aliphatic rings. The molecule has 0 bridgehead atoms. The third-order valence-electron chi connectivity index (χ3n) is 4.40. The molecule has 10 heteroatoms. The molecule has 0 unspecified atom stereocenters. The summed E-state index contributed by atoms with van der Waals surface area (Å²) < 4.78 is 28.0. The van der Waals surface area contributed by atoms with Gasteiger partial charge in [-0.3, -0.25) is 4.79 Å². The Hall–Kier alpha value is -2.59. The number of anilines is 1. The molecule has 0 spiro atoms. The van der Waals surface area contributed by atoms with Crippen molar-refractivity contribution in [1.82, 2.24) is 14.8 Å². The molecule has 0 radical (unpaired) electrons. The highest BCUT2D eigenvalue weighted by Crippen LogP contribution is 2.29. The van der Waals surface area contributed by atoms with E-state index in [0.717, 1.165) is 5.56 Å². The minimum absolute atomic E-state index is 0.0704. The first-order valence-corrected chi connectivity index (χ1v) is 11.8. The lowest BCUT2D eigenvalue weighted by atomic mass is 10.2. The van der Waals surface area contributed by atoms with Gasteiger partial charge in [-0.2, -0.15) is 0 Å². The van der Waals surface area contributed by atoms with Crippen molar-refractivity contribution in [3.05, 3.63) is 58.1 Å². The van der Waals surface area contributed by atoms with Crippen LogP contribution >= 0.6 is 27.7 Å². The highest BCUT2D eigenvalue weighted by Gasteiger charge is 2.15. The molecule has 2 aromatic carbocycles. The van der Waals surface area contributed by atoms with Crippen molar-refractivity contribution in [3.63, 3.8) is 0 Å². The number of hydrogen-bond acceptors (Lipinski definition) is 6. The third-order valence-corrected chi connectivity index (χ3v) is 5.86. The molecule has 3 rings (SSSR count). The lowest BCUT2D eigenvalue weighted by Gasteiger charge is -2.13. The van der Waals surface area contributed by atoms with Gasteiger partial charge in [-0.25, -0.2) is 4.39 Å². The van der Waals surface area contributed by atoms with Crippen molar-refractivity contribution in [2.75, 3.05) is 17.7 Å². The zero-order chi connectivity index (χ0) is 23.1. The molecule has 1 amide bonds. The molecule has 0 fully saturated rings. The van der Waals surface area contributed by atoms with E-state index in [2.05, 4.69) is 31.4 Å².